The molecular formula is C16H23ClN2O3. The fraction of sp³-hybridized carbons (Fsp3) is 0.562. The molecule has 0 bridgehead atoms. The van der Waals surface area contributed by atoms with Crippen LogP contribution in [-0.2, 0) is 4.79 Å². The zero-order chi connectivity index (χ0) is 14.7. The van der Waals surface area contributed by atoms with Crippen LogP contribution < -0.4 is 15.4 Å². The molecule has 1 amide bonds. The van der Waals surface area contributed by atoms with Crippen LogP contribution in [-0.4, -0.2) is 43.4 Å². The summed E-state index contributed by atoms with van der Waals surface area (Å²) in [6, 6.07) is 7.94. The van der Waals surface area contributed by atoms with E-state index in [2.05, 4.69) is 10.6 Å². The molecule has 6 heteroatoms. The number of carbonyl (C=O) groups is 1. The highest BCUT2D eigenvalue weighted by molar-refractivity contribution is 5.85. The van der Waals surface area contributed by atoms with E-state index in [-0.39, 0.29) is 36.3 Å². The number of amides is 1. The Bertz CT molecular complexity index is 512. The molecule has 5 nitrogen and oxygen atoms in total. The normalized spacial score (nSPS) is 26.5. The molecule has 0 aliphatic carbocycles. The molecule has 3 unspecified atom stereocenters. The summed E-state index contributed by atoms with van der Waals surface area (Å²) in [7, 11) is 0. The van der Waals surface area contributed by atoms with Gasteiger partial charge in [0.05, 0.1) is 12.7 Å². The van der Waals surface area contributed by atoms with Crippen LogP contribution in [0.5, 0.6) is 5.75 Å². The fourth-order valence-corrected chi connectivity index (χ4v) is 3.10. The third-order valence-corrected chi connectivity index (χ3v) is 4.38. The summed E-state index contributed by atoms with van der Waals surface area (Å²) in [5.41, 5.74) is 1.13. The molecule has 3 rings (SSSR count). The van der Waals surface area contributed by atoms with Crippen molar-refractivity contribution in [3.8, 4) is 5.75 Å². The van der Waals surface area contributed by atoms with E-state index in [1.165, 1.54) is 0 Å². The predicted molar refractivity (Wildman–Crippen MR) is 86.5 cm³/mol. The van der Waals surface area contributed by atoms with Gasteiger partial charge in [-0.05, 0) is 24.0 Å². The lowest BCUT2D eigenvalue weighted by Gasteiger charge is -2.25. The number of ether oxygens (including phenoxy) is 1. The van der Waals surface area contributed by atoms with Gasteiger partial charge in [0.1, 0.15) is 5.75 Å². The quantitative estimate of drug-likeness (QED) is 0.774. The zero-order valence-electron chi connectivity index (χ0n) is 12.5. The molecule has 2 aliphatic rings. The highest BCUT2D eigenvalue weighted by atomic mass is 35.5. The summed E-state index contributed by atoms with van der Waals surface area (Å²) >= 11 is 0. The third-order valence-electron chi connectivity index (χ3n) is 4.38. The minimum absolute atomic E-state index is 0. The van der Waals surface area contributed by atoms with E-state index >= 15 is 0 Å². The molecule has 1 aromatic carbocycles. The topological polar surface area (TPSA) is 70.6 Å². The van der Waals surface area contributed by atoms with Crippen molar-refractivity contribution in [2.75, 3.05) is 26.2 Å². The molecule has 0 saturated carbocycles. The lowest BCUT2D eigenvalue weighted by Crippen LogP contribution is -2.35. The minimum Gasteiger partial charge on any atom is -0.493 e. The predicted octanol–water partition coefficient (Wildman–Crippen LogP) is 1.06. The molecule has 0 radical (unpaired) electrons. The van der Waals surface area contributed by atoms with Crippen molar-refractivity contribution in [2.24, 2.45) is 5.92 Å². The van der Waals surface area contributed by atoms with Crippen LogP contribution in [0.15, 0.2) is 24.3 Å². The van der Waals surface area contributed by atoms with Crippen LogP contribution in [0.2, 0.25) is 0 Å². The van der Waals surface area contributed by atoms with E-state index < -0.39 is 0 Å². The van der Waals surface area contributed by atoms with Crippen molar-refractivity contribution in [1.29, 1.82) is 0 Å². The summed E-state index contributed by atoms with van der Waals surface area (Å²) in [6.45, 7) is 2.59. The molecule has 1 saturated heterocycles. The number of fused-ring (bicyclic) bond motifs is 1. The Labute approximate surface area is 136 Å². The Balaban J connectivity index is 0.00000176. The van der Waals surface area contributed by atoms with E-state index in [9.17, 15) is 9.90 Å². The molecule has 2 heterocycles. The Morgan fingerprint density at radius 2 is 2.18 bits per heavy atom. The second kappa shape index (κ2) is 7.81. The molecular weight excluding hydrogens is 304 g/mol. The van der Waals surface area contributed by atoms with E-state index in [0.717, 1.165) is 24.3 Å². The standard InChI is InChI=1S/C16H22N2O3.ClH/c19-14-10-17-8-12(14)9-18-16(20)7-11-5-6-21-15-4-2-1-3-13(11)15;/h1-4,11-12,14,17,19H,5-10H2,(H,18,20);1H. The van der Waals surface area contributed by atoms with E-state index in [1.54, 1.807) is 0 Å². The lowest BCUT2D eigenvalue weighted by atomic mass is 9.90. The zero-order valence-corrected chi connectivity index (χ0v) is 13.3. The first-order valence-electron chi connectivity index (χ1n) is 7.61. The number of carbonyl (C=O) groups excluding carboxylic acids is 1. The molecule has 0 spiro atoms. The SMILES string of the molecule is Cl.O=C(CC1CCOc2ccccc21)NCC1CNCC1O. The van der Waals surface area contributed by atoms with Gasteiger partial charge in [0, 0.05) is 32.0 Å². The van der Waals surface area contributed by atoms with Crippen LogP contribution in [0.25, 0.3) is 0 Å². The number of rotatable bonds is 4. The monoisotopic (exact) mass is 326 g/mol. The lowest BCUT2D eigenvalue weighted by molar-refractivity contribution is -0.121. The van der Waals surface area contributed by atoms with E-state index in [1.807, 2.05) is 24.3 Å². The van der Waals surface area contributed by atoms with E-state index in [4.69, 9.17) is 4.74 Å². The van der Waals surface area contributed by atoms with Crippen molar-refractivity contribution in [3.63, 3.8) is 0 Å². The first-order chi connectivity index (χ1) is 10.2. The molecule has 3 N–H and O–H groups in total. The summed E-state index contributed by atoms with van der Waals surface area (Å²) in [5, 5.41) is 15.8. The molecule has 3 atom stereocenters. The van der Waals surface area contributed by atoms with Crippen LogP contribution in [0, 0.1) is 5.92 Å². The van der Waals surface area contributed by atoms with Crippen molar-refractivity contribution in [3.05, 3.63) is 29.8 Å². The smallest absolute Gasteiger partial charge is 0.220 e. The first-order valence-corrected chi connectivity index (χ1v) is 7.61. The maximum atomic E-state index is 12.1. The van der Waals surface area contributed by atoms with Gasteiger partial charge in [0.15, 0.2) is 0 Å². The van der Waals surface area contributed by atoms with Gasteiger partial charge in [-0.3, -0.25) is 4.79 Å². The second-order valence-electron chi connectivity index (χ2n) is 5.87. The summed E-state index contributed by atoms with van der Waals surface area (Å²) in [5.74, 6) is 1.30. The minimum atomic E-state index is -0.353. The number of hydrogen-bond donors (Lipinski definition) is 3. The maximum absolute atomic E-state index is 12.1. The number of halogens is 1. The van der Waals surface area contributed by atoms with Crippen LogP contribution in [0.3, 0.4) is 0 Å². The summed E-state index contributed by atoms with van der Waals surface area (Å²) < 4.78 is 5.62. The third kappa shape index (κ3) is 3.91. The highest BCUT2D eigenvalue weighted by Crippen LogP contribution is 2.35. The molecule has 122 valence electrons. The number of nitrogens with one attached hydrogen (secondary N) is 2. The van der Waals surface area contributed by atoms with Gasteiger partial charge in [-0.2, -0.15) is 0 Å². The molecule has 2 aliphatic heterocycles. The molecule has 1 fully saturated rings. The Hall–Kier alpha value is -1.30. The first kappa shape index (κ1) is 17.1. The second-order valence-corrected chi connectivity index (χ2v) is 5.87. The van der Waals surface area contributed by atoms with Gasteiger partial charge in [-0.1, -0.05) is 18.2 Å². The Morgan fingerprint density at radius 1 is 1.36 bits per heavy atom. The van der Waals surface area contributed by atoms with E-state index in [0.29, 0.717) is 26.1 Å². The van der Waals surface area contributed by atoms with Gasteiger partial charge < -0.3 is 20.5 Å². The van der Waals surface area contributed by atoms with Crippen LogP contribution in [0.4, 0.5) is 0 Å². The number of β-amino-alcohol motifs (C(OH)–C–C–N with tert-alkyl or cyclic N) is 1. The van der Waals surface area contributed by atoms with Crippen molar-refractivity contribution < 1.29 is 14.6 Å². The largest absolute Gasteiger partial charge is 0.493 e. The highest BCUT2D eigenvalue weighted by Gasteiger charge is 2.27. The van der Waals surface area contributed by atoms with Gasteiger partial charge >= 0.3 is 0 Å². The number of aliphatic hydroxyl groups excluding tert-OH is 1. The van der Waals surface area contributed by atoms with Gasteiger partial charge in [0.25, 0.3) is 0 Å². The average molecular weight is 327 g/mol. The fourth-order valence-electron chi connectivity index (χ4n) is 3.10. The average Bonchev–Trinajstić information content (AvgIpc) is 2.91. The molecule has 1 aromatic rings. The molecule has 22 heavy (non-hydrogen) atoms. The van der Waals surface area contributed by atoms with Gasteiger partial charge in [0.2, 0.25) is 5.91 Å². The van der Waals surface area contributed by atoms with Gasteiger partial charge in [-0.25, -0.2) is 0 Å². The Morgan fingerprint density at radius 3 is 2.95 bits per heavy atom. The van der Waals surface area contributed by atoms with Crippen molar-refractivity contribution >= 4 is 18.3 Å². The maximum Gasteiger partial charge on any atom is 0.220 e. The number of para-hydroxylation sites is 1. The van der Waals surface area contributed by atoms with Gasteiger partial charge in [-0.15, -0.1) is 12.4 Å². The number of benzene rings is 1. The van der Waals surface area contributed by atoms with Crippen LogP contribution in [0.1, 0.15) is 24.3 Å². The van der Waals surface area contributed by atoms with Crippen LogP contribution >= 0.6 is 12.4 Å². The number of hydrogen-bond acceptors (Lipinski definition) is 4. The van der Waals surface area contributed by atoms with Crippen molar-refractivity contribution in [1.82, 2.24) is 10.6 Å². The number of aliphatic hydroxyl groups is 1. The summed E-state index contributed by atoms with van der Waals surface area (Å²) in [6.07, 6.45) is 1.00. The Kier molecular flexibility index (Phi) is 6.06. The molecule has 0 aromatic heterocycles. The summed E-state index contributed by atoms with van der Waals surface area (Å²) in [4.78, 5) is 12.1. The van der Waals surface area contributed by atoms with Crippen molar-refractivity contribution in [2.45, 2.75) is 24.9 Å².